The highest BCUT2D eigenvalue weighted by Crippen LogP contribution is 2.29. The van der Waals surface area contributed by atoms with Crippen LogP contribution in [0.3, 0.4) is 0 Å². The number of carboxylic acid groups (broad SMARTS) is 1. The molecule has 0 bridgehead atoms. The fourth-order valence-electron chi connectivity index (χ4n) is 2.12. The molecule has 20 heavy (non-hydrogen) atoms. The Balaban J connectivity index is 2.04. The van der Waals surface area contributed by atoms with Crippen LogP contribution in [0.25, 0.3) is 0 Å². The number of rotatable bonds is 6. The van der Waals surface area contributed by atoms with Crippen molar-refractivity contribution in [1.82, 2.24) is 4.90 Å². The zero-order valence-electron chi connectivity index (χ0n) is 11.4. The van der Waals surface area contributed by atoms with Crippen LogP contribution in [0, 0.1) is 5.92 Å². The summed E-state index contributed by atoms with van der Waals surface area (Å²) in [6.45, 7) is 1.94. The van der Waals surface area contributed by atoms with Crippen LogP contribution in [-0.2, 0) is 16.0 Å². The Morgan fingerprint density at radius 2 is 2.05 bits per heavy atom. The van der Waals surface area contributed by atoms with Crippen molar-refractivity contribution in [2.75, 3.05) is 6.54 Å². The van der Waals surface area contributed by atoms with Gasteiger partial charge < -0.3 is 10.0 Å². The van der Waals surface area contributed by atoms with Gasteiger partial charge in [0.25, 0.3) is 0 Å². The summed E-state index contributed by atoms with van der Waals surface area (Å²) < 4.78 is 0.912. The number of carbonyl (C=O) groups excluding carboxylic acids is 1. The molecule has 1 N–H and O–H groups in total. The first-order chi connectivity index (χ1) is 9.49. The second kappa shape index (κ2) is 6.39. The number of amides is 1. The van der Waals surface area contributed by atoms with Gasteiger partial charge in [0.2, 0.25) is 5.91 Å². The first-order valence-electron chi connectivity index (χ1n) is 6.74. The molecular formula is C15H18BrNO3. The van der Waals surface area contributed by atoms with Crippen LogP contribution < -0.4 is 0 Å². The molecule has 4 nitrogen and oxygen atoms in total. The SMILES string of the molecule is C[C@@H](CN(C(=O)Cc1ccccc1Br)C1CC1)C(=O)O. The van der Waals surface area contributed by atoms with Gasteiger partial charge in [-0.3, -0.25) is 9.59 Å². The van der Waals surface area contributed by atoms with E-state index in [-0.39, 0.29) is 11.9 Å². The van der Waals surface area contributed by atoms with E-state index in [1.807, 2.05) is 24.3 Å². The van der Waals surface area contributed by atoms with E-state index in [4.69, 9.17) is 5.11 Å². The van der Waals surface area contributed by atoms with Gasteiger partial charge in [0.15, 0.2) is 0 Å². The highest BCUT2D eigenvalue weighted by atomic mass is 79.9. The third kappa shape index (κ3) is 3.82. The first kappa shape index (κ1) is 15.0. The molecule has 0 unspecified atom stereocenters. The van der Waals surface area contributed by atoms with Crippen molar-refractivity contribution in [3.63, 3.8) is 0 Å². The molecule has 0 spiro atoms. The van der Waals surface area contributed by atoms with Gasteiger partial charge in [0.05, 0.1) is 12.3 Å². The second-order valence-corrected chi connectivity index (χ2v) is 6.14. The van der Waals surface area contributed by atoms with Gasteiger partial charge in [0.1, 0.15) is 0 Å². The van der Waals surface area contributed by atoms with Gasteiger partial charge in [-0.15, -0.1) is 0 Å². The van der Waals surface area contributed by atoms with Crippen LogP contribution in [0.5, 0.6) is 0 Å². The summed E-state index contributed by atoms with van der Waals surface area (Å²) in [5.74, 6) is -1.38. The summed E-state index contributed by atoms with van der Waals surface area (Å²) in [5, 5.41) is 9.00. The van der Waals surface area contributed by atoms with Gasteiger partial charge in [0, 0.05) is 17.1 Å². The van der Waals surface area contributed by atoms with Gasteiger partial charge in [-0.25, -0.2) is 0 Å². The lowest BCUT2D eigenvalue weighted by molar-refractivity contribution is -0.143. The van der Waals surface area contributed by atoms with E-state index in [1.54, 1.807) is 11.8 Å². The van der Waals surface area contributed by atoms with E-state index in [1.165, 1.54) is 0 Å². The van der Waals surface area contributed by atoms with Crippen molar-refractivity contribution < 1.29 is 14.7 Å². The molecule has 0 aromatic heterocycles. The van der Waals surface area contributed by atoms with Gasteiger partial charge in [-0.05, 0) is 24.5 Å². The fourth-order valence-corrected chi connectivity index (χ4v) is 2.55. The van der Waals surface area contributed by atoms with E-state index in [0.29, 0.717) is 13.0 Å². The van der Waals surface area contributed by atoms with Crippen molar-refractivity contribution in [1.29, 1.82) is 0 Å². The second-order valence-electron chi connectivity index (χ2n) is 5.28. The van der Waals surface area contributed by atoms with Gasteiger partial charge >= 0.3 is 5.97 Å². The van der Waals surface area contributed by atoms with E-state index >= 15 is 0 Å². The largest absolute Gasteiger partial charge is 0.481 e. The van der Waals surface area contributed by atoms with E-state index in [9.17, 15) is 9.59 Å². The average Bonchev–Trinajstić information content (AvgIpc) is 3.22. The molecular weight excluding hydrogens is 322 g/mol. The molecule has 1 fully saturated rings. The number of aliphatic carboxylic acids is 1. The normalized spacial score (nSPS) is 15.7. The lowest BCUT2D eigenvalue weighted by atomic mass is 10.1. The summed E-state index contributed by atoms with van der Waals surface area (Å²) in [7, 11) is 0. The molecule has 1 aliphatic carbocycles. The Morgan fingerprint density at radius 1 is 1.40 bits per heavy atom. The number of nitrogens with zero attached hydrogens (tertiary/aromatic N) is 1. The lowest BCUT2D eigenvalue weighted by Crippen LogP contribution is -2.39. The molecule has 0 radical (unpaired) electrons. The molecule has 0 aliphatic heterocycles. The standard InChI is InChI=1S/C15H18BrNO3/c1-10(15(19)20)9-17(12-6-7-12)14(18)8-11-4-2-3-5-13(11)16/h2-5,10,12H,6-9H2,1H3,(H,19,20)/t10-/m0/s1. The van der Waals surface area contributed by atoms with Crippen LogP contribution in [0.1, 0.15) is 25.3 Å². The van der Waals surface area contributed by atoms with Crippen molar-refractivity contribution in [2.24, 2.45) is 5.92 Å². The minimum Gasteiger partial charge on any atom is -0.481 e. The van der Waals surface area contributed by atoms with Crippen LogP contribution in [-0.4, -0.2) is 34.5 Å². The van der Waals surface area contributed by atoms with E-state index in [2.05, 4.69) is 15.9 Å². The van der Waals surface area contributed by atoms with Gasteiger partial charge in [-0.2, -0.15) is 0 Å². The van der Waals surface area contributed by atoms with Crippen molar-refractivity contribution in [2.45, 2.75) is 32.2 Å². The number of halogens is 1. The minimum absolute atomic E-state index is 0.00694. The zero-order chi connectivity index (χ0) is 14.7. The van der Waals surface area contributed by atoms with Crippen molar-refractivity contribution >= 4 is 27.8 Å². The number of hydrogen-bond acceptors (Lipinski definition) is 2. The number of carbonyl (C=O) groups is 2. The van der Waals surface area contributed by atoms with Crippen molar-refractivity contribution in [3.05, 3.63) is 34.3 Å². The molecule has 1 amide bonds. The Labute approximate surface area is 126 Å². The molecule has 1 atom stereocenters. The minimum atomic E-state index is -0.857. The number of benzene rings is 1. The van der Waals surface area contributed by atoms with Crippen LogP contribution in [0.2, 0.25) is 0 Å². The number of hydrogen-bond donors (Lipinski definition) is 1. The summed E-state index contributed by atoms with van der Waals surface area (Å²) in [6.07, 6.45) is 2.27. The highest BCUT2D eigenvalue weighted by molar-refractivity contribution is 9.10. The fraction of sp³-hybridized carbons (Fsp3) is 0.467. The Morgan fingerprint density at radius 3 is 2.60 bits per heavy atom. The topological polar surface area (TPSA) is 57.6 Å². The molecule has 5 heteroatoms. The van der Waals surface area contributed by atoms with E-state index < -0.39 is 11.9 Å². The van der Waals surface area contributed by atoms with Crippen LogP contribution >= 0.6 is 15.9 Å². The molecule has 1 aromatic carbocycles. The first-order valence-corrected chi connectivity index (χ1v) is 7.54. The monoisotopic (exact) mass is 339 g/mol. The smallest absolute Gasteiger partial charge is 0.308 e. The van der Waals surface area contributed by atoms with E-state index in [0.717, 1.165) is 22.9 Å². The molecule has 2 rings (SSSR count). The Bertz CT molecular complexity index is 514. The van der Waals surface area contributed by atoms with Crippen molar-refractivity contribution in [3.8, 4) is 0 Å². The quantitative estimate of drug-likeness (QED) is 0.866. The maximum Gasteiger partial charge on any atom is 0.308 e. The predicted octanol–water partition coefficient (Wildman–Crippen LogP) is 2.70. The summed E-state index contributed by atoms with van der Waals surface area (Å²) in [4.78, 5) is 25.1. The Kier molecular flexibility index (Phi) is 4.81. The third-order valence-corrected chi connectivity index (χ3v) is 4.27. The molecule has 1 aliphatic rings. The average molecular weight is 340 g/mol. The van der Waals surface area contributed by atoms with Crippen LogP contribution in [0.4, 0.5) is 0 Å². The van der Waals surface area contributed by atoms with Crippen LogP contribution in [0.15, 0.2) is 28.7 Å². The summed E-state index contributed by atoms with van der Waals surface area (Å²) >= 11 is 3.44. The molecule has 108 valence electrons. The van der Waals surface area contributed by atoms with Gasteiger partial charge in [-0.1, -0.05) is 41.1 Å². The Hall–Kier alpha value is -1.36. The maximum atomic E-state index is 12.4. The molecule has 0 saturated heterocycles. The highest BCUT2D eigenvalue weighted by Gasteiger charge is 2.34. The molecule has 1 aromatic rings. The molecule has 0 heterocycles. The summed E-state index contributed by atoms with van der Waals surface area (Å²) in [6, 6.07) is 7.85. The number of carboxylic acids is 1. The summed E-state index contributed by atoms with van der Waals surface area (Å²) in [5.41, 5.74) is 0.936. The maximum absolute atomic E-state index is 12.4. The lowest BCUT2D eigenvalue weighted by Gasteiger charge is -2.24. The molecule has 1 saturated carbocycles. The zero-order valence-corrected chi connectivity index (χ0v) is 13.0. The predicted molar refractivity (Wildman–Crippen MR) is 79.4 cm³/mol. The third-order valence-electron chi connectivity index (χ3n) is 3.50.